The second-order valence-corrected chi connectivity index (χ2v) is 4.88. The molecule has 0 aliphatic rings. The van der Waals surface area contributed by atoms with Gasteiger partial charge in [-0.1, -0.05) is 26.3 Å². The van der Waals surface area contributed by atoms with E-state index in [4.69, 9.17) is 0 Å². The Hall–Kier alpha value is -0.540. The summed E-state index contributed by atoms with van der Waals surface area (Å²) in [5, 5.41) is 3.19. The van der Waals surface area contributed by atoms with Gasteiger partial charge in [0.1, 0.15) is 5.82 Å². The monoisotopic (exact) mass is 241 g/mol. The smallest absolute Gasteiger partial charge is 0.137 e. The Morgan fingerprint density at radius 3 is 2.75 bits per heavy atom. The first-order valence-electron chi connectivity index (χ1n) is 5.89. The molecule has 16 heavy (non-hydrogen) atoms. The standard InChI is InChI=1S/C13H20FNS/c1-3-5-8-16-13-7-6-11(9-12(13)14)10-15-4-2/h6-7,9,15H,3-5,8,10H2,1-2H3. The molecule has 0 unspecified atom stereocenters. The highest BCUT2D eigenvalue weighted by Gasteiger charge is 2.03. The van der Waals surface area contributed by atoms with Gasteiger partial charge in [0.05, 0.1) is 0 Å². The lowest BCUT2D eigenvalue weighted by Gasteiger charge is -2.06. The van der Waals surface area contributed by atoms with Crippen LogP contribution in [0.5, 0.6) is 0 Å². The Balaban J connectivity index is 2.53. The molecule has 1 aromatic carbocycles. The SMILES string of the molecule is CCCCSc1ccc(CNCC)cc1F. The number of rotatable bonds is 7. The van der Waals surface area contributed by atoms with E-state index in [1.807, 2.05) is 19.1 Å². The minimum atomic E-state index is -0.0866. The predicted octanol–water partition coefficient (Wildman–Crippen LogP) is 3.83. The quantitative estimate of drug-likeness (QED) is 0.575. The number of thioether (sulfide) groups is 1. The molecule has 1 N–H and O–H groups in total. The molecule has 0 aromatic heterocycles. The third-order valence-corrected chi connectivity index (χ3v) is 3.47. The maximum Gasteiger partial charge on any atom is 0.137 e. The highest BCUT2D eigenvalue weighted by molar-refractivity contribution is 7.99. The van der Waals surface area contributed by atoms with Gasteiger partial charge >= 0.3 is 0 Å². The lowest BCUT2D eigenvalue weighted by Crippen LogP contribution is -2.11. The number of unbranched alkanes of at least 4 members (excludes halogenated alkanes) is 1. The molecule has 0 bridgehead atoms. The highest BCUT2D eigenvalue weighted by Crippen LogP contribution is 2.23. The minimum absolute atomic E-state index is 0.0866. The van der Waals surface area contributed by atoms with Crippen LogP contribution in [0.4, 0.5) is 4.39 Å². The molecule has 0 fully saturated rings. The molecule has 0 atom stereocenters. The zero-order valence-electron chi connectivity index (χ0n) is 10.1. The van der Waals surface area contributed by atoms with Crippen molar-refractivity contribution in [2.24, 2.45) is 0 Å². The summed E-state index contributed by atoms with van der Waals surface area (Å²) in [5.41, 5.74) is 1.01. The van der Waals surface area contributed by atoms with Gasteiger partial charge in [0.25, 0.3) is 0 Å². The van der Waals surface area contributed by atoms with Gasteiger partial charge in [-0.3, -0.25) is 0 Å². The molecule has 0 aliphatic carbocycles. The molecule has 0 saturated carbocycles. The van der Waals surface area contributed by atoms with Crippen LogP contribution < -0.4 is 5.32 Å². The molecule has 0 radical (unpaired) electrons. The summed E-state index contributed by atoms with van der Waals surface area (Å²) < 4.78 is 13.7. The van der Waals surface area contributed by atoms with Gasteiger partial charge in [0.15, 0.2) is 0 Å². The number of hydrogen-bond acceptors (Lipinski definition) is 2. The van der Waals surface area contributed by atoms with Crippen molar-refractivity contribution in [3.63, 3.8) is 0 Å². The Labute approximate surface area is 102 Å². The molecule has 1 nitrogen and oxygen atoms in total. The van der Waals surface area contributed by atoms with Crippen molar-refractivity contribution in [3.05, 3.63) is 29.6 Å². The van der Waals surface area contributed by atoms with E-state index in [2.05, 4.69) is 12.2 Å². The number of halogens is 1. The summed E-state index contributed by atoms with van der Waals surface area (Å²) in [5.74, 6) is 0.913. The van der Waals surface area contributed by atoms with Crippen LogP contribution in [0.2, 0.25) is 0 Å². The second-order valence-electron chi connectivity index (χ2n) is 3.75. The summed E-state index contributed by atoms with van der Waals surface area (Å²) in [7, 11) is 0. The maximum atomic E-state index is 13.7. The number of benzene rings is 1. The molecule has 1 rings (SSSR count). The molecule has 90 valence electrons. The van der Waals surface area contributed by atoms with Crippen molar-refractivity contribution < 1.29 is 4.39 Å². The lowest BCUT2D eigenvalue weighted by atomic mass is 10.2. The minimum Gasteiger partial charge on any atom is -0.313 e. The second kappa shape index (κ2) is 7.69. The highest BCUT2D eigenvalue weighted by atomic mass is 32.2. The van der Waals surface area contributed by atoms with Crippen LogP contribution in [0.25, 0.3) is 0 Å². The van der Waals surface area contributed by atoms with Crippen LogP contribution in [-0.2, 0) is 6.54 Å². The third kappa shape index (κ3) is 4.54. The molecule has 0 heterocycles. The van der Waals surface area contributed by atoms with Gasteiger partial charge in [0.2, 0.25) is 0 Å². The van der Waals surface area contributed by atoms with E-state index in [1.165, 1.54) is 0 Å². The molecule has 0 aliphatic heterocycles. The molecular formula is C13H20FNS. The first-order chi connectivity index (χ1) is 7.77. The molecule has 0 spiro atoms. The molecule has 0 amide bonds. The lowest BCUT2D eigenvalue weighted by molar-refractivity contribution is 0.596. The van der Waals surface area contributed by atoms with E-state index in [9.17, 15) is 4.39 Å². The zero-order chi connectivity index (χ0) is 11.8. The Morgan fingerprint density at radius 2 is 2.12 bits per heavy atom. The van der Waals surface area contributed by atoms with Gasteiger partial charge < -0.3 is 5.32 Å². The van der Waals surface area contributed by atoms with Crippen LogP contribution in [-0.4, -0.2) is 12.3 Å². The van der Waals surface area contributed by atoms with Crippen molar-refractivity contribution in [1.82, 2.24) is 5.32 Å². The summed E-state index contributed by atoms with van der Waals surface area (Å²) in [6.07, 6.45) is 2.30. The first-order valence-corrected chi connectivity index (χ1v) is 6.88. The number of nitrogens with one attached hydrogen (secondary N) is 1. The third-order valence-electron chi connectivity index (χ3n) is 2.33. The molecule has 0 saturated heterocycles. The van der Waals surface area contributed by atoms with Crippen molar-refractivity contribution >= 4 is 11.8 Å². The van der Waals surface area contributed by atoms with E-state index in [0.29, 0.717) is 0 Å². The summed E-state index contributed by atoms with van der Waals surface area (Å²) >= 11 is 1.61. The topological polar surface area (TPSA) is 12.0 Å². The Morgan fingerprint density at radius 1 is 1.31 bits per heavy atom. The summed E-state index contributed by atoms with van der Waals surface area (Å²) in [6, 6.07) is 5.53. The molecule has 1 aromatic rings. The normalized spacial score (nSPS) is 10.7. The van der Waals surface area contributed by atoms with Gasteiger partial charge in [-0.05, 0) is 36.4 Å². The van der Waals surface area contributed by atoms with Crippen LogP contribution in [0.1, 0.15) is 32.3 Å². The largest absolute Gasteiger partial charge is 0.313 e. The van der Waals surface area contributed by atoms with E-state index in [1.54, 1.807) is 17.8 Å². The number of hydrogen-bond donors (Lipinski definition) is 1. The van der Waals surface area contributed by atoms with Gasteiger partial charge in [-0.2, -0.15) is 0 Å². The average molecular weight is 241 g/mol. The first kappa shape index (κ1) is 13.5. The summed E-state index contributed by atoms with van der Waals surface area (Å²) in [6.45, 7) is 5.85. The average Bonchev–Trinajstić information content (AvgIpc) is 2.29. The van der Waals surface area contributed by atoms with Gasteiger partial charge in [-0.25, -0.2) is 4.39 Å². The Bertz CT molecular complexity index is 315. The maximum absolute atomic E-state index is 13.7. The van der Waals surface area contributed by atoms with E-state index in [0.717, 1.165) is 42.1 Å². The van der Waals surface area contributed by atoms with Crippen molar-refractivity contribution in [3.8, 4) is 0 Å². The summed E-state index contributed by atoms with van der Waals surface area (Å²) in [4.78, 5) is 0.772. The zero-order valence-corrected chi connectivity index (χ0v) is 10.9. The fourth-order valence-corrected chi connectivity index (χ4v) is 2.38. The molecule has 3 heteroatoms. The van der Waals surface area contributed by atoms with Crippen LogP contribution in [0, 0.1) is 5.82 Å². The van der Waals surface area contributed by atoms with Crippen molar-refractivity contribution in [2.75, 3.05) is 12.3 Å². The van der Waals surface area contributed by atoms with E-state index >= 15 is 0 Å². The van der Waals surface area contributed by atoms with Crippen LogP contribution in [0.15, 0.2) is 23.1 Å². The molecular weight excluding hydrogens is 221 g/mol. The fraction of sp³-hybridized carbons (Fsp3) is 0.538. The Kier molecular flexibility index (Phi) is 6.50. The fourth-order valence-electron chi connectivity index (χ4n) is 1.37. The predicted molar refractivity (Wildman–Crippen MR) is 69.4 cm³/mol. The van der Waals surface area contributed by atoms with Crippen LogP contribution in [0.3, 0.4) is 0 Å². The van der Waals surface area contributed by atoms with Gasteiger partial charge in [0, 0.05) is 11.4 Å². The van der Waals surface area contributed by atoms with Crippen LogP contribution >= 0.6 is 11.8 Å². The van der Waals surface area contributed by atoms with Gasteiger partial charge in [-0.15, -0.1) is 11.8 Å². The van der Waals surface area contributed by atoms with Crippen molar-refractivity contribution in [1.29, 1.82) is 0 Å². The van der Waals surface area contributed by atoms with E-state index < -0.39 is 0 Å². The van der Waals surface area contributed by atoms with E-state index in [-0.39, 0.29) is 5.82 Å². The van der Waals surface area contributed by atoms with Crippen molar-refractivity contribution in [2.45, 2.75) is 38.1 Å².